The summed E-state index contributed by atoms with van der Waals surface area (Å²) in [5, 5.41) is 0. The Morgan fingerprint density at radius 2 is 1.65 bits per heavy atom. The second kappa shape index (κ2) is 6.55. The molecule has 1 aliphatic rings. The van der Waals surface area contributed by atoms with Gasteiger partial charge in [-0.2, -0.15) is 0 Å². The third-order valence-corrected chi connectivity index (χ3v) is 4.10. The summed E-state index contributed by atoms with van der Waals surface area (Å²) in [6.07, 6.45) is 2.47. The van der Waals surface area contributed by atoms with E-state index in [1.54, 1.807) is 0 Å². The molecule has 20 heavy (non-hydrogen) atoms. The molecule has 1 saturated carbocycles. The summed E-state index contributed by atoms with van der Waals surface area (Å²) in [6, 6.07) is 9.84. The Morgan fingerprint density at radius 3 is 2.25 bits per heavy atom. The van der Waals surface area contributed by atoms with Crippen LogP contribution in [0.15, 0.2) is 30.3 Å². The van der Waals surface area contributed by atoms with Crippen LogP contribution in [0.25, 0.3) is 0 Å². The summed E-state index contributed by atoms with van der Waals surface area (Å²) in [6.45, 7) is 0. The van der Waals surface area contributed by atoms with E-state index in [0.717, 1.165) is 18.4 Å². The normalized spacial score (nSPS) is 25.8. The van der Waals surface area contributed by atoms with Gasteiger partial charge in [-0.3, -0.25) is 9.59 Å². The molecule has 4 heteroatoms. The minimum atomic E-state index is -0.455. The summed E-state index contributed by atoms with van der Waals surface area (Å²) >= 11 is 0. The molecule has 1 aromatic carbocycles. The van der Waals surface area contributed by atoms with Gasteiger partial charge in [0.2, 0.25) is 0 Å². The molecular formula is C16H20O4. The Balaban J connectivity index is 2.34. The molecule has 0 saturated heterocycles. The first-order valence-electron chi connectivity index (χ1n) is 6.89. The first kappa shape index (κ1) is 14.6. The SMILES string of the molecule is COC(=O)C1CCCC(c2ccccc2)C1C(=O)OC. The molecule has 108 valence electrons. The summed E-state index contributed by atoms with van der Waals surface area (Å²) in [5.74, 6) is -1.49. The van der Waals surface area contributed by atoms with Gasteiger partial charge in [-0.25, -0.2) is 0 Å². The molecule has 1 aromatic rings. The van der Waals surface area contributed by atoms with Gasteiger partial charge in [-0.15, -0.1) is 0 Å². The molecule has 0 aliphatic heterocycles. The Hall–Kier alpha value is -1.84. The van der Waals surface area contributed by atoms with Crippen LogP contribution in [0.3, 0.4) is 0 Å². The summed E-state index contributed by atoms with van der Waals surface area (Å²) in [5.41, 5.74) is 1.08. The van der Waals surface area contributed by atoms with E-state index < -0.39 is 11.8 Å². The van der Waals surface area contributed by atoms with E-state index in [1.165, 1.54) is 14.2 Å². The Morgan fingerprint density at radius 1 is 1.00 bits per heavy atom. The highest BCUT2D eigenvalue weighted by molar-refractivity contribution is 5.83. The van der Waals surface area contributed by atoms with Crippen molar-refractivity contribution < 1.29 is 19.1 Å². The maximum absolute atomic E-state index is 12.2. The average molecular weight is 276 g/mol. The van der Waals surface area contributed by atoms with E-state index in [0.29, 0.717) is 6.42 Å². The third kappa shape index (κ3) is 2.84. The smallest absolute Gasteiger partial charge is 0.310 e. The van der Waals surface area contributed by atoms with Crippen molar-refractivity contribution in [2.45, 2.75) is 25.2 Å². The van der Waals surface area contributed by atoms with Crippen molar-refractivity contribution in [3.63, 3.8) is 0 Å². The van der Waals surface area contributed by atoms with Crippen molar-refractivity contribution in [2.75, 3.05) is 14.2 Å². The van der Waals surface area contributed by atoms with Gasteiger partial charge in [0.15, 0.2) is 0 Å². The van der Waals surface area contributed by atoms with Crippen LogP contribution < -0.4 is 0 Å². The van der Waals surface area contributed by atoms with Crippen LogP contribution in [0.4, 0.5) is 0 Å². The van der Waals surface area contributed by atoms with Crippen LogP contribution in [0, 0.1) is 11.8 Å². The van der Waals surface area contributed by atoms with Crippen molar-refractivity contribution in [1.29, 1.82) is 0 Å². The van der Waals surface area contributed by atoms with Crippen LogP contribution in [-0.4, -0.2) is 26.2 Å². The third-order valence-electron chi connectivity index (χ3n) is 4.10. The molecule has 1 fully saturated rings. The number of hydrogen-bond donors (Lipinski definition) is 0. The van der Waals surface area contributed by atoms with Crippen molar-refractivity contribution in [1.82, 2.24) is 0 Å². The second-order valence-corrected chi connectivity index (χ2v) is 5.13. The first-order valence-corrected chi connectivity index (χ1v) is 6.89. The van der Waals surface area contributed by atoms with E-state index in [-0.39, 0.29) is 17.9 Å². The lowest BCUT2D eigenvalue weighted by molar-refractivity contribution is -0.160. The number of ether oxygens (including phenoxy) is 2. The fourth-order valence-electron chi connectivity index (χ4n) is 3.15. The number of rotatable bonds is 3. The molecule has 0 spiro atoms. The van der Waals surface area contributed by atoms with Crippen LogP contribution in [0.2, 0.25) is 0 Å². The van der Waals surface area contributed by atoms with E-state index in [1.807, 2.05) is 30.3 Å². The maximum atomic E-state index is 12.2. The van der Waals surface area contributed by atoms with Gasteiger partial charge in [0.05, 0.1) is 26.1 Å². The zero-order valence-corrected chi connectivity index (χ0v) is 11.9. The van der Waals surface area contributed by atoms with Crippen LogP contribution in [0.1, 0.15) is 30.7 Å². The number of carbonyl (C=O) groups excluding carboxylic acids is 2. The van der Waals surface area contributed by atoms with Crippen molar-refractivity contribution in [3.8, 4) is 0 Å². The lowest BCUT2D eigenvalue weighted by atomic mass is 9.69. The molecule has 0 N–H and O–H groups in total. The van der Waals surface area contributed by atoms with Gasteiger partial charge in [-0.1, -0.05) is 36.8 Å². The van der Waals surface area contributed by atoms with E-state index in [2.05, 4.69) is 0 Å². The number of methoxy groups -OCH3 is 2. The highest BCUT2D eigenvalue weighted by atomic mass is 16.5. The molecule has 0 radical (unpaired) electrons. The molecule has 0 amide bonds. The van der Waals surface area contributed by atoms with Gasteiger partial charge in [0.25, 0.3) is 0 Å². The highest BCUT2D eigenvalue weighted by Crippen LogP contribution is 2.42. The van der Waals surface area contributed by atoms with Crippen LogP contribution in [-0.2, 0) is 19.1 Å². The van der Waals surface area contributed by atoms with Crippen molar-refractivity contribution in [2.24, 2.45) is 11.8 Å². The summed E-state index contributed by atoms with van der Waals surface area (Å²) < 4.78 is 9.77. The lowest BCUT2D eigenvalue weighted by Crippen LogP contribution is -2.38. The fourth-order valence-corrected chi connectivity index (χ4v) is 3.15. The molecule has 3 unspecified atom stereocenters. The zero-order valence-electron chi connectivity index (χ0n) is 11.9. The molecule has 3 atom stereocenters. The number of benzene rings is 1. The van der Waals surface area contributed by atoms with Gasteiger partial charge < -0.3 is 9.47 Å². The van der Waals surface area contributed by atoms with Gasteiger partial charge in [0.1, 0.15) is 0 Å². The molecule has 2 rings (SSSR count). The summed E-state index contributed by atoms with van der Waals surface area (Å²) in [4.78, 5) is 24.1. The molecule has 4 nitrogen and oxygen atoms in total. The molecule has 1 aliphatic carbocycles. The van der Waals surface area contributed by atoms with E-state index in [9.17, 15) is 9.59 Å². The van der Waals surface area contributed by atoms with Crippen LogP contribution >= 0.6 is 0 Å². The monoisotopic (exact) mass is 276 g/mol. The van der Waals surface area contributed by atoms with E-state index >= 15 is 0 Å². The average Bonchev–Trinajstić information content (AvgIpc) is 2.53. The lowest BCUT2D eigenvalue weighted by Gasteiger charge is -2.35. The van der Waals surface area contributed by atoms with Gasteiger partial charge in [0, 0.05) is 0 Å². The first-order chi connectivity index (χ1) is 9.69. The van der Waals surface area contributed by atoms with Gasteiger partial charge >= 0.3 is 11.9 Å². The molecular weight excluding hydrogens is 256 g/mol. The van der Waals surface area contributed by atoms with Crippen LogP contribution in [0.5, 0.6) is 0 Å². The molecule has 0 bridgehead atoms. The number of esters is 2. The minimum absolute atomic E-state index is 0.0153. The minimum Gasteiger partial charge on any atom is -0.469 e. The van der Waals surface area contributed by atoms with Crippen molar-refractivity contribution in [3.05, 3.63) is 35.9 Å². The van der Waals surface area contributed by atoms with Crippen molar-refractivity contribution >= 4 is 11.9 Å². The summed E-state index contributed by atoms with van der Waals surface area (Å²) in [7, 11) is 2.73. The molecule has 0 heterocycles. The number of hydrogen-bond acceptors (Lipinski definition) is 4. The Bertz CT molecular complexity index is 469. The predicted octanol–water partition coefficient (Wildman–Crippen LogP) is 2.53. The maximum Gasteiger partial charge on any atom is 0.310 e. The molecule has 0 aromatic heterocycles. The Labute approximate surface area is 119 Å². The fraction of sp³-hybridized carbons (Fsp3) is 0.500. The second-order valence-electron chi connectivity index (χ2n) is 5.13. The van der Waals surface area contributed by atoms with E-state index in [4.69, 9.17) is 9.47 Å². The predicted molar refractivity (Wildman–Crippen MR) is 74.0 cm³/mol. The van der Waals surface area contributed by atoms with Gasteiger partial charge in [-0.05, 0) is 24.3 Å². The topological polar surface area (TPSA) is 52.6 Å². The largest absolute Gasteiger partial charge is 0.469 e. The zero-order chi connectivity index (χ0) is 14.5. The highest BCUT2D eigenvalue weighted by Gasteiger charge is 2.43. The Kier molecular flexibility index (Phi) is 4.77. The quantitative estimate of drug-likeness (QED) is 0.796. The standard InChI is InChI=1S/C16H20O4/c1-19-15(17)13-10-6-9-12(14(13)16(18)20-2)11-7-4-3-5-8-11/h3-5,7-8,12-14H,6,9-10H2,1-2H3. The number of carbonyl (C=O) groups is 2.